The summed E-state index contributed by atoms with van der Waals surface area (Å²) >= 11 is 1.42. The fourth-order valence-corrected chi connectivity index (χ4v) is 4.72. The zero-order valence-electron chi connectivity index (χ0n) is 19.6. The number of nitrogens with zero attached hydrogens (tertiary/aromatic N) is 3. The van der Waals surface area contributed by atoms with Gasteiger partial charge in [0.2, 0.25) is 0 Å². The smallest absolute Gasteiger partial charge is 0.271 e. The van der Waals surface area contributed by atoms with Crippen LogP contribution in [-0.4, -0.2) is 24.2 Å². The zero-order chi connectivity index (χ0) is 23.4. The summed E-state index contributed by atoms with van der Waals surface area (Å²) in [5, 5.41) is 0.665. The van der Waals surface area contributed by atoms with Crippen molar-refractivity contribution in [3.63, 3.8) is 0 Å². The van der Waals surface area contributed by atoms with Gasteiger partial charge < -0.3 is 4.90 Å². The molecule has 33 heavy (non-hydrogen) atoms. The predicted octanol–water partition coefficient (Wildman–Crippen LogP) is 6.96. The molecule has 1 aliphatic heterocycles. The molecule has 0 saturated carbocycles. The molecule has 4 nitrogen and oxygen atoms in total. The number of benzene rings is 3. The predicted molar refractivity (Wildman–Crippen MR) is 143 cm³/mol. The fraction of sp³-hybridized carbons (Fsp3) is 0.214. The number of anilines is 2. The Balaban J connectivity index is 1.69. The molecule has 1 saturated heterocycles. The van der Waals surface area contributed by atoms with Crippen molar-refractivity contribution in [1.82, 2.24) is 0 Å². The fourth-order valence-electron chi connectivity index (χ4n) is 3.72. The molecule has 0 N–H and O–H groups in total. The highest BCUT2D eigenvalue weighted by Gasteiger charge is 2.34. The Morgan fingerprint density at radius 1 is 0.848 bits per heavy atom. The molecular formula is C28H29N3OS. The number of carbonyl (C=O) groups excluding carboxylic acids is 1. The minimum atomic E-state index is -0.0532. The van der Waals surface area contributed by atoms with Crippen LogP contribution in [0, 0.1) is 13.8 Å². The Hall–Kier alpha value is -3.31. The highest BCUT2D eigenvalue weighted by atomic mass is 32.2. The summed E-state index contributed by atoms with van der Waals surface area (Å²) in [6.45, 7) is 10.3. The average Bonchev–Trinajstić information content (AvgIpc) is 3.12. The molecule has 4 rings (SSSR count). The van der Waals surface area contributed by atoms with E-state index in [0.29, 0.717) is 10.1 Å². The van der Waals surface area contributed by atoms with Crippen LogP contribution in [0.15, 0.2) is 82.7 Å². The first-order valence-corrected chi connectivity index (χ1v) is 12.1. The summed E-state index contributed by atoms with van der Waals surface area (Å²) in [6.07, 6.45) is 1.96. The van der Waals surface area contributed by atoms with Crippen LogP contribution in [-0.2, 0) is 4.79 Å². The topological polar surface area (TPSA) is 35.9 Å². The van der Waals surface area contributed by atoms with Crippen molar-refractivity contribution < 1.29 is 4.79 Å². The SMILES string of the molecule is CCN(CC)c1ccc(/C=C2/SC(=Nc3ccc(C)cc3)N(c3ccc(C)cc3)C2=O)cc1. The van der Waals surface area contributed by atoms with Crippen molar-refractivity contribution >= 4 is 46.0 Å². The van der Waals surface area contributed by atoms with Gasteiger partial charge in [0.05, 0.1) is 16.3 Å². The Bertz CT molecular complexity index is 1180. The lowest BCUT2D eigenvalue weighted by Gasteiger charge is -2.20. The summed E-state index contributed by atoms with van der Waals surface area (Å²) in [4.78, 5) is 23.0. The van der Waals surface area contributed by atoms with Crippen LogP contribution in [0.5, 0.6) is 0 Å². The van der Waals surface area contributed by atoms with Crippen molar-refractivity contribution in [1.29, 1.82) is 0 Å². The van der Waals surface area contributed by atoms with Crippen molar-refractivity contribution in [2.75, 3.05) is 22.9 Å². The third kappa shape index (κ3) is 5.20. The number of carbonyl (C=O) groups is 1. The third-order valence-electron chi connectivity index (χ3n) is 5.68. The standard InChI is InChI=1S/C28H29N3OS/c1-5-30(6-2)24-17-11-22(12-18-24)19-26-27(32)31(25-15-9-21(4)10-16-25)28(33-26)29-23-13-7-20(3)8-14-23/h7-19H,5-6H2,1-4H3/b26-19+,29-28?. The van der Waals surface area contributed by atoms with Gasteiger partial charge in [-0.1, -0.05) is 47.5 Å². The Morgan fingerprint density at radius 2 is 1.42 bits per heavy atom. The molecule has 0 spiro atoms. The summed E-state index contributed by atoms with van der Waals surface area (Å²) in [7, 11) is 0. The van der Waals surface area contributed by atoms with E-state index >= 15 is 0 Å². The van der Waals surface area contributed by atoms with Gasteiger partial charge >= 0.3 is 0 Å². The molecule has 0 aromatic heterocycles. The van der Waals surface area contributed by atoms with E-state index in [1.807, 2.05) is 61.5 Å². The van der Waals surface area contributed by atoms with Crippen LogP contribution in [0.25, 0.3) is 6.08 Å². The van der Waals surface area contributed by atoms with Crippen LogP contribution in [0.1, 0.15) is 30.5 Å². The third-order valence-corrected chi connectivity index (χ3v) is 6.65. The van der Waals surface area contributed by atoms with Crippen molar-refractivity contribution in [2.24, 2.45) is 4.99 Å². The summed E-state index contributed by atoms with van der Waals surface area (Å²) in [5.74, 6) is -0.0532. The first-order valence-electron chi connectivity index (χ1n) is 11.3. The molecular weight excluding hydrogens is 426 g/mol. The van der Waals surface area contributed by atoms with Crippen LogP contribution < -0.4 is 9.80 Å². The highest BCUT2D eigenvalue weighted by molar-refractivity contribution is 8.19. The minimum absolute atomic E-state index is 0.0532. The van der Waals surface area contributed by atoms with Gasteiger partial charge in [-0.2, -0.15) is 0 Å². The van der Waals surface area contributed by atoms with Crippen LogP contribution in [0.2, 0.25) is 0 Å². The lowest BCUT2D eigenvalue weighted by molar-refractivity contribution is -0.113. The Labute approximate surface area is 200 Å². The molecule has 168 valence electrons. The van der Waals surface area contributed by atoms with Crippen molar-refractivity contribution in [3.05, 3.63) is 94.4 Å². The molecule has 0 unspecified atom stereocenters. The number of hydrogen-bond donors (Lipinski definition) is 0. The van der Waals surface area contributed by atoms with Gasteiger partial charge in [0.15, 0.2) is 5.17 Å². The first-order chi connectivity index (χ1) is 16.0. The van der Waals surface area contributed by atoms with Gasteiger partial charge in [-0.15, -0.1) is 0 Å². The first kappa shape index (κ1) is 22.9. The van der Waals surface area contributed by atoms with Gasteiger partial charge in [0.25, 0.3) is 5.91 Å². The van der Waals surface area contributed by atoms with E-state index in [9.17, 15) is 4.79 Å². The second-order valence-corrected chi connectivity index (χ2v) is 9.09. The lowest BCUT2D eigenvalue weighted by Crippen LogP contribution is -2.28. The van der Waals surface area contributed by atoms with Gasteiger partial charge in [-0.05, 0) is 87.5 Å². The average molecular weight is 456 g/mol. The normalized spacial score (nSPS) is 16.1. The zero-order valence-corrected chi connectivity index (χ0v) is 20.4. The van der Waals surface area contributed by atoms with Crippen molar-refractivity contribution in [2.45, 2.75) is 27.7 Å². The molecule has 1 fully saturated rings. The molecule has 3 aromatic carbocycles. The monoisotopic (exact) mass is 455 g/mol. The molecule has 1 amide bonds. The number of aliphatic imine (C=N–C) groups is 1. The number of amides is 1. The molecule has 3 aromatic rings. The number of rotatable bonds is 6. The molecule has 1 heterocycles. The second-order valence-electron chi connectivity index (χ2n) is 8.08. The highest BCUT2D eigenvalue weighted by Crippen LogP contribution is 2.37. The molecule has 1 aliphatic rings. The van der Waals surface area contributed by atoms with Crippen LogP contribution in [0.4, 0.5) is 17.1 Å². The van der Waals surface area contributed by atoms with E-state index < -0.39 is 0 Å². The summed E-state index contributed by atoms with van der Waals surface area (Å²) in [6, 6.07) is 24.4. The number of thioether (sulfide) groups is 1. The van der Waals surface area contributed by atoms with E-state index in [-0.39, 0.29) is 5.91 Å². The maximum Gasteiger partial charge on any atom is 0.271 e. The van der Waals surface area contributed by atoms with E-state index in [4.69, 9.17) is 4.99 Å². The largest absolute Gasteiger partial charge is 0.372 e. The van der Waals surface area contributed by atoms with Crippen LogP contribution in [0.3, 0.4) is 0 Å². The number of aryl methyl sites for hydroxylation is 2. The van der Waals surface area contributed by atoms with Gasteiger partial charge in [0.1, 0.15) is 0 Å². The van der Waals surface area contributed by atoms with Crippen molar-refractivity contribution in [3.8, 4) is 0 Å². The second kappa shape index (κ2) is 10.1. The molecule has 0 radical (unpaired) electrons. The number of amidine groups is 1. The molecule has 0 atom stereocenters. The quantitative estimate of drug-likeness (QED) is 0.377. The van der Waals surface area contributed by atoms with E-state index in [0.717, 1.165) is 35.6 Å². The Morgan fingerprint density at radius 3 is 2.00 bits per heavy atom. The summed E-state index contributed by atoms with van der Waals surface area (Å²) < 4.78 is 0. The molecule has 5 heteroatoms. The molecule has 0 aliphatic carbocycles. The Kier molecular flexibility index (Phi) is 6.99. The van der Waals surface area contributed by atoms with Crippen LogP contribution >= 0.6 is 11.8 Å². The van der Waals surface area contributed by atoms with E-state index in [1.165, 1.54) is 23.0 Å². The maximum absolute atomic E-state index is 13.5. The van der Waals surface area contributed by atoms with Gasteiger partial charge in [0, 0.05) is 18.8 Å². The lowest BCUT2D eigenvalue weighted by atomic mass is 10.1. The molecule has 0 bridgehead atoms. The van der Waals surface area contributed by atoms with E-state index in [2.05, 4.69) is 49.9 Å². The maximum atomic E-state index is 13.5. The summed E-state index contributed by atoms with van der Waals surface area (Å²) in [5.41, 5.74) is 6.18. The number of hydrogen-bond acceptors (Lipinski definition) is 4. The van der Waals surface area contributed by atoms with Gasteiger partial charge in [-0.3, -0.25) is 9.69 Å². The van der Waals surface area contributed by atoms with E-state index in [1.54, 1.807) is 4.90 Å². The van der Waals surface area contributed by atoms with Gasteiger partial charge in [-0.25, -0.2) is 4.99 Å². The minimum Gasteiger partial charge on any atom is -0.372 e.